The number of aryl methyl sites for hydroxylation is 1. The lowest BCUT2D eigenvalue weighted by Gasteiger charge is -2.38. The molecule has 1 aromatic heterocycles. The Hall–Kier alpha value is -1.17. The van der Waals surface area contributed by atoms with Crippen molar-refractivity contribution in [3.05, 3.63) is 28.5 Å². The zero-order chi connectivity index (χ0) is 14.9. The van der Waals surface area contributed by atoms with E-state index in [0.29, 0.717) is 37.0 Å². The van der Waals surface area contributed by atoms with Gasteiger partial charge in [-0.3, -0.25) is 4.79 Å². The molecule has 3 heterocycles. The maximum absolute atomic E-state index is 12.7. The molecule has 0 bridgehead atoms. The first-order valence-electron chi connectivity index (χ1n) is 7.35. The van der Waals surface area contributed by atoms with Crippen molar-refractivity contribution < 1.29 is 14.3 Å². The molecule has 3 rings (SSSR count). The van der Waals surface area contributed by atoms with Crippen molar-refractivity contribution in [3.63, 3.8) is 0 Å². The molecule has 0 unspecified atom stereocenters. The Kier molecular flexibility index (Phi) is 4.15. The molecule has 0 radical (unpaired) electrons. The molecule has 114 valence electrons. The number of hydrogen-bond donors (Lipinski definition) is 0. The Balaban J connectivity index is 1.79. The van der Waals surface area contributed by atoms with Crippen LogP contribution in [0.5, 0.6) is 0 Å². The van der Waals surface area contributed by atoms with Crippen LogP contribution in [-0.4, -0.2) is 47.9 Å². The van der Waals surface area contributed by atoms with E-state index in [1.54, 1.807) is 11.0 Å². The maximum Gasteiger partial charge on any atom is 0.254 e. The molecule has 21 heavy (non-hydrogen) atoms. The minimum atomic E-state index is -0.599. The monoisotopic (exact) mass is 310 g/mol. The normalized spacial score (nSPS) is 21.0. The molecule has 6 heteroatoms. The molecule has 0 aliphatic carbocycles. The van der Waals surface area contributed by atoms with E-state index in [1.165, 1.54) is 0 Å². The molecule has 1 amide bonds. The van der Waals surface area contributed by atoms with E-state index in [9.17, 15) is 4.79 Å². The van der Waals surface area contributed by atoms with Crippen LogP contribution >= 0.6 is 11.6 Å². The van der Waals surface area contributed by atoms with Crippen LogP contribution in [0.25, 0.3) is 0 Å². The molecule has 1 spiro atoms. The zero-order valence-corrected chi connectivity index (χ0v) is 12.9. The second-order valence-corrected chi connectivity index (χ2v) is 5.85. The Morgan fingerprint density at radius 3 is 2.90 bits per heavy atom. The van der Waals surface area contributed by atoms with Crippen molar-refractivity contribution in [2.45, 2.75) is 32.0 Å². The van der Waals surface area contributed by atoms with Crippen LogP contribution < -0.4 is 0 Å². The minimum Gasteiger partial charge on any atom is -0.346 e. The van der Waals surface area contributed by atoms with Gasteiger partial charge in [-0.15, -0.1) is 0 Å². The summed E-state index contributed by atoms with van der Waals surface area (Å²) in [5, 5.41) is 0.359. The summed E-state index contributed by atoms with van der Waals surface area (Å²) < 4.78 is 11.4. The third kappa shape index (κ3) is 3.05. The van der Waals surface area contributed by atoms with Crippen molar-refractivity contribution in [1.29, 1.82) is 0 Å². The van der Waals surface area contributed by atoms with Gasteiger partial charge in [0.1, 0.15) is 5.15 Å². The third-order valence-corrected chi connectivity index (χ3v) is 4.17. The number of likely N-dealkylation sites (tertiary alicyclic amines) is 1. The van der Waals surface area contributed by atoms with Gasteiger partial charge in [0.2, 0.25) is 0 Å². The minimum absolute atomic E-state index is 0.0350. The van der Waals surface area contributed by atoms with Crippen molar-refractivity contribution in [1.82, 2.24) is 9.88 Å². The van der Waals surface area contributed by atoms with Gasteiger partial charge in [-0.25, -0.2) is 4.98 Å². The van der Waals surface area contributed by atoms with Gasteiger partial charge in [0.25, 0.3) is 5.91 Å². The molecule has 0 aromatic carbocycles. The summed E-state index contributed by atoms with van der Waals surface area (Å²) in [6.45, 7) is 4.39. The summed E-state index contributed by atoms with van der Waals surface area (Å²) in [6.07, 6.45) is 2.47. The fourth-order valence-electron chi connectivity index (χ4n) is 2.93. The molecule has 0 N–H and O–H groups in total. The number of ether oxygens (including phenoxy) is 2. The first-order valence-corrected chi connectivity index (χ1v) is 7.73. The summed E-state index contributed by atoms with van der Waals surface area (Å²) in [5.74, 6) is -0.634. The first-order chi connectivity index (χ1) is 10.1. The standard InChI is InChI=1S/C15H19ClN2O3/c1-2-12-8-11(9-13(16)17-12)14(19)18-5-3-4-15(10-18)20-6-7-21-15/h8-9H,2-7,10H2,1H3. The van der Waals surface area contributed by atoms with Gasteiger partial charge >= 0.3 is 0 Å². The van der Waals surface area contributed by atoms with Gasteiger partial charge in [0, 0.05) is 24.2 Å². The molecule has 2 aliphatic heterocycles. The highest BCUT2D eigenvalue weighted by atomic mass is 35.5. The Labute approximate surface area is 129 Å². The number of aromatic nitrogens is 1. The van der Waals surface area contributed by atoms with Gasteiger partial charge in [0.05, 0.1) is 19.8 Å². The fourth-order valence-corrected chi connectivity index (χ4v) is 3.16. The van der Waals surface area contributed by atoms with Crippen molar-refractivity contribution in [2.24, 2.45) is 0 Å². The Morgan fingerprint density at radius 2 is 2.19 bits per heavy atom. The van der Waals surface area contributed by atoms with Gasteiger partial charge in [-0.05, 0) is 25.0 Å². The number of amides is 1. The van der Waals surface area contributed by atoms with Crippen LogP contribution in [0.15, 0.2) is 12.1 Å². The summed E-state index contributed by atoms with van der Waals surface area (Å²) in [6, 6.07) is 3.44. The predicted octanol–water partition coefficient (Wildman–Crippen LogP) is 2.28. The number of pyridine rings is 1. The molecule has 2 aliphatic rings. The molecule has 1 aromatic rings. The largest absolute Gasteiger partial charge is 0.346 e. The van der Waals surface area contributed by atoms with Gasteiger partial charge in [-0.2, -0.15) is 0 Å². The predicted molar refractivity (Wildman–Crippen MR) is 78.4 cm³/mol. The number of halogens is 1. The quantitative estimate of drug-likeness (QED) is 0.786. The highest BCUT2D eigenvalue weighted by Crippen LogP contribution is 2.30. The Morgan fingerprint density at radius 1 is 1.43 bits per heavy atom. The van der Waals surface area contributed by atoms with Gasteiger partial charge < -0.3 is 14.4 Å². The van der Waals surface area contributed by atoms with E-state index in [4.69, 9.17) is 21.1 Å². The number of carbonyl (C=O) groups excluding carboxylic acids is 1. The molecular weight excluding hydrogens is 292 g/mol. The number of carbonyl (C=O) groups is 1. The number of rotatable bonds is 2. The second kappa shape index (κ2) is 5.91. The molecule has 5 nitrogen and oxygen atoms in total. The topological polar surface area (TPSA) is 51.7 Å². The van der Waals surface area contributed by atoms with Crippen LogP contribution in [0.1, 0.15) is 35.8 Å². The van der Waals surface area contributed by atoms with Gasteiger partial charge in [-0.1, -0.05) is 18.5 Å². The van der Waals surface area contributed by atoms with Gasteiger partial charge in [0.15, 0.2) is 5.79 Å². The van der Waals surface area contributed by atoms with Crippen LogP contribution in [0.2, 0.25) is 5.15 Å². The van der Waals surface area contributed by atoms with E-state index in [-0.39, 0.29) is 5.91 Å². The highest BCUT2D eigenvalue weighted by molar-refractivity contribution is 6.29. The van der Waals surface area contributed by atoms with Crippen LogP contribution in [0.3, 0.4) is 0 Å². The first kappa shape index (κ1) is 14.8. The molecular formula is C15H19ClN2O3. The van der Waals surface area contributed by atoms with Crippen LogP contribution in [0.4, 0.5) is 0 Å². The maximum atomic E-state index is 12.7. The van der Waals surface area contributed by atoms with E-state index >= 15 is 0 Å². The fraction of sp³-hybridized carbons (Fsp3) is 0.600. The SMILES string of the molecule is CCc1cc(C(=O)N2CCCC3(C2)OCCO3)cc(Cl)n1. The third-order valence-electron chi connectivity index (χ3n) is 3.97. The lowest BCUT2D eigenvalue weighted by molar-refractivity contribution is -0.183. The number of nitrogens with zero attached hydrogens (tertiary/aromatic N) is 2. The summed E-state index contributed by atoms with van der Waals surface area (Å²) in [7, 11) is 0. The van der Waals surface area contributed by atoms with Crippen LogP contribution in [0, 0.1) is 0 Å². The highest BCUT2D eigenvalue weighted by Gasteiger charge is 2.42. The molecule has 2 fully saturated rings. The number of hydrogen-bond acceptors (Lipinski definition) is 4. The van der Waals surface area contributed by atoms with E-state index in [2.05, 4.69) is 4.98 Å². The van der Waals surface area contributed by atoms with E-state index < -0.39 is 5.79 Å². The molecule has 2 saturated heterocycles. The van der Waals surface area contributed by atoms with Crippen molar-refractivity contribution in [2.75, 3.05) is 26.3 Å². The molecule has 0 atom stereocenters. The van der Waals surface area contributed by atoms with E-state index in [0.717, 1.165) is 25.0 Å². The molecule has 0 saturated carbocycles. The smallest absolute Gasteiger partial charge is 0.254 e. The summed E-state index contributed by atoms with van der Waals surface area (Å²) >= 11 is 6.00. The van der Waals surface area contributed by atoms with Crippen molar-refractivity contribution >= 4 is 17.5 Å². The lowest BCUT2D eigenvalue weighted by Crippen LogP contribution is -2.51. The summed E-state index contributed by atoms with van der Waals surface area (Å²) in [4.78, 5) is 18.7. The van der Waals surface area contributed by atoms with Crippen LogP contribution in [-0.2, 0) is 15.9 Å². The lowest BCUT2D eigenvalue weighted by atomic mass is 10.0. The number of piperidine rings is 1. The van der Waals surface area contributed by atoms with E-state index in [1.807, 2.05) is 13.0 Å². The average Bonchev–Trinajstić information content (AvgIpc) is 2.93. The average molecular weight is 311 g/mol. The second-order valence-electron chi connectivity index (χ2n) is 5.46. The Bertz CT molecular complexity index is 544. The summed E-state index contributed by atoms with van der Waals surface area (Å²) in [5.41, 5.74) is 1.41. The zero-order valence-electron chi connectivity index (χ0n) is 12.1. The van der Waals surface area contributed by atoms with Crippen molar-refractivity contribution in [3.8, 4) is 0 Å².